The van der Waals surface area contributed by atoms with E-state index in [1.807, 2.05) is 51.2 Å². The Bertz CT molecular complexity index is 1800. The molecular formula is C49H73NO13S. The number of nitrogens with zero attached hydrogens (tertiary/aromatic N) is 1. The lowest BCUT2D eigenvalue weighted by Crippen LogP contribution is -2.64. The van der Waals surface area contributed by atoms with Crippen LogP contribution in [0.3, 0.4) is 0 Å². The van der Waals surface area contributed by atoms with Gasteiger partial charge in [-0.15, -0.1) is 0 Å². The van der Waals surface area contributed by atoms with Crippen LogP contribution >= 0.6 is 11.8 Å². The number of Topliss-reactive ketones (excluding diaryl/α,β-unsaturated/α-hetero) is 2. The highest BCUT2D eigenvalue weighted by atomic mass is 32.2. The molecule has 14 nitrogen and oxygen atoms in total. The first-order valence-corrected chi connectivity index (χ1v) is 24.1. The molecule has 64 heavy (non-hydrogen) atoms. The van der Waals surface area contributed by atoms with Gasteiger partial charge in [-0.1, -0.05) is 64.2 Å². The molecule has 0 aromatic heterocycles. The predicted octanol–water partition coefficient (Wildman–Crippen LogP) is 5.66. The van der Waals surface area contributed by atoms with Crippen molar-refractivity contribution in [3.63, 3.8) is 0 Å². The highest BCUT2D eigenvalue weighted by molar-refractivity contribution is 8.14. The number of hydrogen-bond donors (Lipinski definition) is 3. The number of piperidine rings is 1. The second kappa shape index (κ2) is 23.1. The van der Waals surface area contributed by atoms with Gasteiger partial charge in [0.15, 0.2) is 16.3 Å². The molecule has 4 bridgehead atoms. The molecule has 1 saturated carbocycles. The molecule has 4 aliphatic heterocycles. The number of amides is 1. The minimum Gasteiger partial charge on any atom is -0.449 e. The first-order valence-electron chi connectivity index (χ1n) is 23.2. The molecule has 16 atom stereocenters. The van der Waals surface area contributed by atoms with Gasteiger partial charge >= 0.3 is 5.97 Å². The number of aliphatic hydroxyl groups excluding tert-OH is 2. The van der Waals surface area contributed by atoms with E-state index in [4.69, 9.17) is 23.7 Å². The fraction of sp³-hybridized carbons (Fsp3) is 0.735. The van der Waals surface area contributed by atoms with Gasteiger partial charge in [-0.05, 0) is 112 Å². The van der Waals surface area contributed by atoms with Crippen molar-refractivity contribution in [2.75, 3.05) is 27.9 Å². The van der Waals surface area contributed by atoms with Crippen LogP contribution in [0.2, 0.25) is 0 Å². The summed E-state index contributed by atoms with van der Waals surface area (Å²) in [7, 11) is 4.51. The van der Waals surface area contributed by atoms with Crippen molar-refractivity contribution >= 4 is 40.3 Å². The largest absolute Gasteiger partial charge is 0.449 e. The van der Waals surface area contributed by atoms with E-state index in [9.17, 15) is 39.3 Å². The molecule has 1 amide bonds. The van der Waals surface area contributed by atoms with Crippen LogP contribution in [0.4, 0.5) is 0 Å². The topological polar surface area (TPSA) is 195 Å². The fourth-order valence-electron chi connectivity index (χ4n) is 10.5. The van der Waals surface area contributed by atoms with Crippen LogP contribution in [0.25, 0.3) is 0 Å². The van der Waals surface area contributed by atoms with E-state index in [1.54, 1.807) is 41.1 Å². The van der Waals surface area contributed by atoms with E-state index in [1.165, 1.54) is 12.0 Å². The molecule has 1 unspecified atom stereocenters. The lowest BCUT2D eigenvalue weighted by molar-refractivity contribution is -0.266. The Kier molecular flexibility index (Phi) is 18.8. The van der Waals surface area contributed by atoms with Gasteiger partial charge in [0.05, 0.1) is 24.4 Å². The molecule has 1 aliphatic carbocycles. The van der Waals surface area contributed by atoms with E-state index in [0.717, 1.165) is 17.3 Å². The van der Waals surface area contributed by atoms with Crippen molar-refractivity contribution in [2.24, 2.45) is 41.4 Å². The van der Waals surface area contributed by atoms with E-state index < -0.39 is 95.0 Å². The quantitative estimate of drug-likeness (QED) is 0.174. The third-order valence-corrected chi connectivity index (χ3v) is 15.7. The second-order valence-electron chi connectivity index (χ2n) is 19.1. The summed E-state index contributed by atoms with van der Waals surface area (Å²) >= 11 is 0.893. The molecule has 3 saturated heterocycles. The number of thioether (sulfide) groups is 1. The normalized spacial score (nSPS) is 43.2. The van der Waals surface area contributed by atoms with Gasteiger partial charge in [0.2, 0.25) is 5.79 Å². The monoisotopic (exact) mass is 915 g/mol. The van der Waals surface area contributed by atoms with Crippen LogP contribution in [0.1, 0.15) is 106 Å². The lowest BCUT2D eigenvalue weighted by atomic mass is 9.71. The maximum absolute atomic E-state index is 14.4. The van der Waals surface area contributed by atoms with Crippen molar-refractivity contribution in [3.05, 3.63) is 47.6 Å². The third kappa shape index (κ3) is 12.1. The number of ketones is 2. The van der Waals surface area contributed by atoms with E-state index in [0.29, 0.717) is 69.8 Å². The van der Waals surface area contributed by atoms with Crippen LogP contribution in [0, 0.1) is 41.4 Å². The summed E-state index contributed by atoms with van der Waals surface area (Å²) in [5, 5.41) is 33.7. The Morgan fingerprint density at radius 3 is 2.28 bits per heavy atom. The number of carbonyl (C=O) groups excluding carboxylic acids is 5. The van der Waals surface area contributed by atoms with Crippen molar-refractivity contribution in [1.82, 2.24) is 4.90 Å². The molecule has 15 heteroatoms. The molecule has 0 aromatic carbocycles. The number of hydrogen-bond acceptors (Lipinski definition) is 14. The average Bonchev–Trinajstić information content (AvgIpc) is 3.27. The number of carbonyl (C=O) groups is 5. The zero-order valence-electron chi connectivity index (χ0n) is 39.2. The van der Waals surface area contributed by atoms with Crippen LogP contribution in [0.15, 0.2) is 47.6 Å². The fourth-order valence-corrected chi connectivity index (χ4v) is 11.6. The molecule has 5 aliphatic rings. The first kappa shape index (κ1) is 52.0. The van der Waals surface area contributed by atoms with E-state index in [-0.39, 0.29) is 35.4 Å². The highest BCUT2D eigenvalue weighted by Crippen LogP contribution is 2.47. The van der Waals surface area contributed by atoms with E-state index >= 15 is 0 Å². The van der Waals surface area contributed by atoms with Gasteiger partial charge in [0, 0.05) is 58.0 Å². The van der Waals surface area contributed by atoms with Crippen LogP contribution < -0.4 is 0 Å². The zero-order valence-corrected chi connectivity index (χ0v) is 40.0. The molecular weight excluding hydrogens is 843 g/mol. The summed E-state index contributed by atoms with van der Waals surface area (Å²) in [6, 6.07) is -1.14. The molecule has 4 heterocycles. The molecule has 5 rings (SSSR count). The van der Waals surface area contributed by atoms with Crippen molar-refractivity contribution in [2.45, 2.75) is 160 Å². The Morgan fingerprint density at radius 1 is 0.859 bits per heavy atom. The van der Waals surface area contributed by atoms with Gasteiger partial charge in [-0.2, -0.15) is 0 Å². The number of methoxy groups -OCH3 is 3. The van der Waals surface area contributed by atoms with Gasteiger partial charge < -0.3 is 43.9 Å². The predicted molar refractivity (Wildman–Crippen MR) is 241 cm³/mol. The maximum Gasteiger partial charge on any atom is 0.330 e. The highest BCUT2D eigenvalue weighted by Gasteiger charge is 2.57. The van der Waals surface area contributed by atoms with Crippen molar-refractivity contribution in [3.8, 4) is 0 Å². The Labute approximate surface area is 383 Å². The SMILES string of the molecule is CO[C@H]1C[C@@H]2CC[C@@H](C)[C@@](O)(O2)C(=O)C(=O)N2CCC[C@@H]3C(C[C@@H]4CC[C@@H](O)[C@H](OC)C4)[C@@H](OC(=O)[C@H]32)SC(=O)[C@H](C)/C=C(\C)[C@@H](O)[C@@H](OC)C(=O)[C@H](C)C[C@H](C)/C=C/C=C/C=C/1C. The summed E-state index contributed by atoms with van der Waals surface area (Å²) in [4.78, 5) is 72.0. The summed E-state index contributed by atoms with van der Waals surface area (Å²) < 4.78 is 29.3. The van der Waals surface area contributed by atoms with E-state index in [2.05, 4.69) is 0 Å². The lowest BCUT2D eigenvalue weighted by Gasteiger charge is -2.50. The summed E-state index contributed by atoms with van der Waals surface area (Å²) in [5.74, 6) is -8.35. The minimum absolute atomic E-state index is 0.0204. The molecule has 0 radical (unpaired) electrons. The van der Waals surface area contributed by atoms with Crippen LogP contribution in [0.5, 0.6) is 0 Å². The number of esters is 1. The summed E-state index contributed by atoms with van der Waals surface area (Å²) in [5.41, 5.74) is 0.327. The molecule has 358 valence electrons. The summed E-state index contributed by atoms with van der Waals surface area (Å²) in [6.07, 6.45) is 11.7. The molecule has 0 aromatic rings. The Balaban J connectivity index is 1.51. The van der Waals surface area contributed by atoms with Gasteiger partial charge in [-0.3, -0.25) is 19.2 Å². The van der Waals surface area contributed by atoms with Crippen LogP contribution in [-0.4, -0.2) is 131 Å². The number of ether oxygens (including phenoxy) is 5. The number of aliphatic hydroxyl groups is 3. The maximum atomic E-state index is 14.4. The number of rotatable bonds is 5. The van der Waals surface area contributed by atoms with Crippen molar-refractivity contribution < 1.29 is 63.0 Å². The zero-order chi connectivity index (χ0) is 47.0. The van der Waals surface area contributed by atoms with Gasteiger partial charge in [0.25, 0.3) is 11.7 Å². The Hall–Kier alpha value is -3.02. The van der Waals surface area contributed by atoms with Gasteiger partial charge in [0.1, 0.15) is 18.2 Å². The first-order chi connectivity index (χ1) is 30.3. The standard InChI is InChI=1S/C49H73NO13S/c1-27-14-11-10-12-15-28(2)38(59-7)26-34-19-17-32(6)49(58,63-34)44(54)45(55)50-21-13-16-35-36(24-33-18-20-37(51)39(25-33)60-8)48(62-46(56)40(35)50)64-47(57)31(5)23-30(4)42(53)43(61-9)41(52)29(3)22-27/h10-12,14-15,23,27,29,31-40,42-43,48,51,53,58H,13,16-22,24-26H2,1-9H3/b12-10+,14-11+,28-15+,30-23+/t27-,29-,31-,32-,33+,34+,35-,36?,37-,38+,39-,40+,42-,43+,48+,49-/m1/s1. The smallest absolute Gasteiger partial charge is 0.330 e. The number of allylic oxidation sites excluding steroid dienone is 6. The second-order valence-corrected chi connectivity index (χ2v) is 20.2. The number of fused-ring (bicyclic) bond motifs is 4. The van der Waals surface area contributed by atoms with Crippen molar-refractivity contribution in [1.29, 1.82) is 0 Å². The molecule has 0 spiro atoms. The molecule has 4 fully saturated rings. The van der Waals surface area contributed by atoms with Crippen LogP contribution in [-0.2, 0) is 47.7 Å². The summed E-state index contributed by atoms with van der Waals surface area (Å²) in [6.45, 7) is 10.8. The third-order valence-electron chi connectivity index (χ3n) is 14.4. The minimum atomic E-state index is -2.44. The average molecular weight is 916 g/mol. The van der Waals surface area contributed by atoms with Gasteiger partial charge in [-0.25, -0.2) is 4.79 Å². The molecule has 3 N–H and O–H groups in total. The Morgan fingerprint density at radius 2 is 1.59 bits per heavy atom.